The van der Waals surface area contributed by atoms with Crippen LogP contribution in [0.25, 0.3) is 0 Å². The number of rotatable bonds is 3. The summed E-state index contributed by atoms with van der Waals surface area (Å²) in [7, 11) is 0. The van der Waals surface area contributed by atoms with Crippen LogP contribution in [0.5, 0.6) is 0 Å². The first-order valence-corrected chi connectivity index (χ1v) is 5.33. The van der Waals surface area contributed by atoms with E-state index in [0.717, 1.165) is 5.56 Å². The predicted octanol–water partition coefficient (Wildman–Crippen LogP) is 1.33. The number of aromatic nitrogens is 2. The van der Waals surface area contributed by atoms with Gasteiger partial charge in [-0.15, -0.1) is 0 Å². The van der Waals surface area contributed by atoms with Crippen molar-refractivity contribution in [3.05, 3.63) is 61.8 Å². The maximum absolute atomic E-state index is 11.0. The number of hydrogen-bond acceptors (Lipinski definition) is 3. The van der Waals surface area contributed by atoms with Crippen LogP contribution in [-0.2, 0) is 6.54 Å². The van der Waals surface area contributed by atoms with Gasteiger partial charge in [-0.1, -0.05) is 23.7 Å². The molecule has 0 amide bonds. The number of halogens is 1. The summed E-state index contributed by atoms with van der Waals surface area (Å²) in [4.78, 5) is 26.6. The summed E-state index contributed by atoms with van der Waals surface area (Å²) in [5.41, 5.74) is 0.0268. The molecule has 0 spiro atoms. The summed E-state index contributed by atoms with van der Waals surface area (Å²) in [6.07, 6.45) is 0. The highest BCUT2D eigenvalue weighted by Gasteiger charge is 1.97. The summed E-state index contributed by atoms with van der Waals surface area (Å²) >= 11 is 5.76. The van der Waals surface area contributed by atoms with Gasteiger partial charge in [0, 0.05) is 17.6 Å². The largest absolute Gasteiger partial charge is 0.367 e. The molecule has 3 N–H and O–H groups in total. The van der Waals surface area contributed by atoms with Gasteiger partial charge >= 0.3 is 5.69 Å². The molecule has 1 heterocycles. The molecule has 1 aromatic heterocycles. The smallest absolute Gasteiger partial charge is 0.327 e. The molecule has 0 saturated carbocycles. The number of nitrogens with one attached hydrogen (secondary N) is 3. The van der Waals surface area contributed by atoms with Crippen molar-refractivity contribution < 1.29 is 0 Å². The van der Waals surface area contributed by atoms with Gasteiger partial charge in [-0.3, -0.25) is 14.8 Å². The molecule has 0 bridgehead atoms. The Morgan fingerprint density at radius 3 is 2.47 bits per heavy atom. The molecular weight excluding hydrogens is 242 g/mol. The Bertz CT molecular complexity index is 587. The molecule has 5 nitrogen and oxygen atoms in total. The Morgan fingerprint density at radius 2 is 1.82 bits per heavy atom. The van der Waals surface area contributed by atoms with Crippen molar-refractivity contribution in [1.29, 1.82) is 0 Å². The van der Waals surface area contributed by atoms with Crippen LogP contribution in [0.1, 0.15) is 5.56 Å². The molecule has 0 aliphatic heterocycles. The lowest BCUT2D eigenvalue weighted by Crippen LogP contribution is -2.22. The normalized spacial score (nSPS) is 10.2. The van der Waals surface area contributed by atoms with Crippen molar-refractivity contribution >= 4 is 17.4 Å². The molecule has 2 rings (SSSR count). The van der Waals surface area contributed by atoms with E-state index in [9.17, 15) is 9.59 Å². The second-order valence-corrected chi connectivity index (χ2v) is 3.92. The Labute approximate surface area is 101 Å². The zero-order valence-electron chi connectivity index (χ0n) is 8.79. The number of hydrogen-bond donors (Lipinski definition) is 3. The quantitative estimate of drug-likeness (QED) is 0.770. The van der Waals surface area contributed by atoms with Crippen LogP contribution in [-0.4, -0.2) is 9.97 Å². The second kappa shape index (κ2) is 4.88. The van der Waals surface area contributed by atoms with Crippen molar-refractivity contribution in [2.24, 2.45) is 0 Å². The molecule has 1 aromatic carbocycles. The molecule has 0 atom stereocenters. The Morgan fingerprint density at radius 1 is 1.12 bits per heavy atom. The minimum absolute atomic E-state index is 0.383. The van der Waals surface area contributed by atoms with E-state index in [1.807, 2.05) is 12.1 Å². The molecule has 0 saturated heterocycles. The van der Waals surface area contributed by atoms with E-state index >= 15 is 0 Å². The highest BCUT2D eigenvalue weighted by atomic mass is 35.5. The van der Waals surface area contributed by atoms with E-state index in [4.69, 9.17) is 11.6 Å². The average Bonchev–Trinajstić information content (AvgIpc) is 2.27. The van der Waals surface area contributed by atoms with Gasteiger partial charge < -0.3 is 5.32 Å². The fourth-order valence-electron chi connectivity index (χ4n) is 1.36. The third-order valence-corrected chi connectivity index (χ3v) is 2.41. The predicted molar refractivity (Wildman–Crippen MR) is 66.5 cm³/mol. The van der Waals surface area contributed by atoms with Crippen LogP contribution in [0, 0.1) is 0 Å². The van der Waals surface area contributed by atoms with E-state index in [-0.39, 0.29) is 0 Å². The average molecular weight is 252 g/mol. The van der Waals surface area contributed by atoms with Gasteiger partial charge in [-0.05, 0) is 17.7 Å². The van der Waals surface area contributed by atoms with Gasteiger partial charge in [0.15, 0.2) is 0 Å². The minimum atomic E-state index is -0.531. The van der Waals surface area contributed by atoms with E-state index < -0.39 is 11.2 Å². The molecular formula is C11H10ClN3O2. The Hall–Kier alpha value is -2.01. The van der Waals surface area contributed by atoms with E-state index in [2.05, 4.69) is 15.3 Å². The van der Waals surface area contributed by atoms with Gasteiger partial charge in [-0.2, -0.15) is 0 Å². The lowest BCUT2D eigenvalue weighted by Gasteiger charge is -2.05. The van der Waals surface area contributed by atoms with Crippen LogP contribution in [0.15, 0.2) is 39.9 Å². The third kappa shape index (κ3) is 3.22. The Kier molecular flexibility index (Phi) is 3.30. The molecule has 0 fully saturated rings. The van der Waals surface area contributed by atoms with Gasteiger partial charge in [0.05, 0.1) is 0 Å². The maximum atomic E-state index is 11.0. The highest BCUT2D eigenvalue weighted by molar-refractivity contribution is 6.30. The lowest BCUT2D eigenvalue weighted by molar-refractivity contribution is 1.01. The number of aromatic amines is 2. The van der Waals surface area contributed by atoms with Crippen LogP contribution in [0.3, 0.4) is 0 Å². The van der Waals surface area contributed by atoms with Crippen molar-refractivity contribution in [1.82, 2.24) is 9.97 Å². The minimum Gasteiger partial charge on any atom is -0.367 e. The van der Waals surface area contributed by atoms with Gasteiger partial charge in [0.2, 0.25) is 0 Å². The summed E-state index contributed by atoms with van der Waals surface area (Å²) in [5.74, 6) is 0.383. The standard InChI is InChI=1S/C11H10ClN3O2/c12-8-3-1-7(2-4-8)6-13-9-5-10(16)15-11(17)14-9/h1-5H,6H2,(H3,13,14,15,16,17). The molecule has 6 heteroatoms. The van der Waals surface area contributed by atoms with Crippen LogP contribution in [0.4, 0.5) is 5.82 Å². The molecule has 2 aromatic rings. The van der Waals surface area contributed by atoms with Gasteiger partial charge in [0.1, 0.15) is 5.82 Å². The maximum Gasteiger partial charge on any atom is 0.327 e. The zero-order chi connectivity index (χ0) is 12.3. The fraction of sp³-hybridized carbons (Fsp3) is 0.0909. The monoisotopic (exact) mass is 251 g/mol. The molecule has 0 radical (unpaired) electrons. The highest BCUT2D eigenvalue weighted by Crippen LogP contribution is 2.10. The first-order valence-electron chi connectivity index (χ1n) is 4.95. The Balaban J connectivity index is 2.09. The molecule has 0 unspecified atom stereocenters. The molecule has 0 aliphatic rings. The molecule has 88 valence electrons. The number of anilines is 1. The number of benzene rings is 1. The summed E-state index contributed by atoms with van der Waals surface area (Å²) in [5, 5.41) is 3.61. The van der Waals surface area contributed by atoms with Crippen LogP contribution in [0.2, 0.25) is 5.02 Å². The lowest BCUT2D eigenvalue weighted by atomic mass is 10.2. The van der Waals surface area contributed by atoms with E-state index in [1.54, 1.807) is 12.1 Å². The van der Waals surface area contributed by atoms with Crippen LogP contribution < -0.4 is 16.6 Å². The zero-order valence-corrected chi connectivity index (χ0v) is 9.54. The SMILES string of the molecule is O=c1cc(NCc2ccc(Cl)cc2)[nH]c(=O)[nH]1. The van der Waals surface area contributed by atoms with Gasteiger partial charge in [0.25, 0.3) is 5.56 Å². The first-order chi connectivity index (χ1) is 8.13. The van der Waals surface area contributed by atoms with Gasteiger partial charge in [-0.25, -0.2) is 4.79 Å². The summed E-state index contributed by atoms with van der Waals surface area (Å²) in [6.45, 7) is 0.497. The van der Waals surface area contributed by atoms with E-state index in [1.165, 1.54) is 6.07 Å². The van der Waals surface area contributed by atoms with Crippen molar-refractivity contribution in [2.75, 3.05) is 5.32 Å². The molecule has 17 heavy (non-hydrogen) atoms. The topological polar surface area (TPSA) is 77.8 Å². The first kappa shape index (κ1) is 11.5. The van der Waals surface area contributed by atoms with Crippen LogP contribution >= 0.6 is 11.6 Å². The van der Waals surface area contributed by atoms with E-state index in [0.29, 0.717) is 17.4 Å². The second-order valence-electron chi connectivity index (χ2n) is 3.48. The van der Waals surface area contributed by atoms with Crippen molar-refractivity contribution in [3.63, 3.8) is 0 Å². The molecule has 0 aliphatic carbocycles. The van der Waals surface area contributed by atoms with Crippen molar-refractivity contribution in [3.8, 4) is 0 Å². The summed E-state index contributed by atoms with van der Waals surface area (Å²) < 4.78 is 0. The van der Waals surface area contributed by atoms with Crippen molar-refractivity contribution in [2.45, 2.75) is 6.54 Å². The third-order valence-electron chi connectivity index (χ3n) is 2.16. The summed E-state index contributed by atoms with van der Waals surface area (Å²) in [6, 6.07) is 8.57. The fourth-order valence-corrected chi connectivity index (χ4v) is 1.49. The number of H-pyrrole nitrogens is 2.